The van der Waals surface area contributed by atoms with Crippen LogP contribution in [0.25, 0.3) is 6.08 Å². The molecule has 0 bridgehead atoms. The van der Waals surface area contributed by atoms with E-state index in [-0.39, 0.29) is 11.5 Å². The number of benzene rings is 2. The summed E-state index contributed by atoms with van der Waals surface area (Å²) in [5.41, 5.74) is 1.86. The number of rotatable bonds is 9. The molecule has 154 valence electrons. The van der Waals surface area contributed by atoms with Gasteiger partial charge in [-0.2, -0.15) is 0 Å². The van der Waals surface area contributed by atoms with Gasteiger partial charge in [0.05, 0.1) is 5.02 Å². The molecule has 3 rings (SSSR count). The molecule has 0 unspecified atom stereocenters. The number of carbonyl (C=O) groups is 1. The van der Waals surface area contributed by atoms with Gasteiger partial charge in [0.2, 0.25) is 5.91 Å². The number of carbonyl (C=O) groups excluding carboxylic acids is 1. The molecule has 30 heavy (non-hydrogen) atoms. The molecule has 0 aliphatic heterocycles. The number of aryl methyl sites for hydroxylation is 1. The number of hydrogen-bond donors (Lipinski definition) is 1. The quantitative estimate of drug-likeness (QED) is 0.413. The number of pyridine rings is 1. The zero-order chi connectivity index (χ0) is 21.2. The number of halogens is 1. The zero-order valence-corrected chi connectivity index (χ0v) is 17.2. The van der Waals surface area contributed by atoms with Crippen LogP contribution in [0.5, 0.6) is 5.75 Å². The van der Waals surface area contributed by atoms with Gasteiger partial charge in [-0.1, -0.05) is 54.1 Å². The second-order valence-electron chi connectivity index (χ2n) is 6.70. The van der Waals surface area contributed by atoms with Gasteiger partial charge < -0.3 is 14.6 Å². The van der Waals surface area contributed by atoms with Crippen LogP contribution in [0.3, 0.4) is 0 Å². The number of amides is 1. The molecule has 5 nitrogen and oxygen atoms in total. The number of hydrogen-bond acceptors (Lipinski definition) is 3. The van der Waals surface area contributed by atoms with E-state index in [0.717, 1.165) is 16.9 Å². The highest BCUT2D eigenvalue weighted by Crippen LogP contribution is 2.16. The number of nitrogens with zero attached hydrogens (tertiary/aromatic N) is 1. The van der Waals surface area contributed by atoms with Crippen LogP contribution in [-0.2, 0) is 17.9 Å². The molecule has 3 aromatic rings. The molecule has 1 heterocycles. The van der Waals surface area contributed by atoms with Gasteiger partial charge in [-0.15, -0.1) is 0 Å². The first-order valence-electron chi connectivity index (χ1n) is 9.69. The van der Waals surface area contributed by atoms with Crippen LogP contribution in [0.15, 0.2) is 83.8 Å². The number of nitrogens with one attached hydrogen (secondary N) is 1. The smallest absolute Gasteiger partial charge is 0.250 e. The molecule has 0 aliphatic rings. The lowest BCUT2D eigenvalue weighted by atomic mass is 10.2. The minimum absolute atomic E-state index is 0.111. The van der Waals surface area contributed by atoms with Crippen LogP contribution in [0, 0.1) is 0 Å². The van der Waals surface area contributed by atoms with Crippen LogP contribution in [0.4, 0.5) is 0 Å². The Hall–Kier alpha value is -3.31. The molecule has 1 amide bonds. The van der Waals surface area contributed by atoms with Crippen molar-refractivity contribution in [3.63, 3.8) is 0 Å². The summed E-state index contributed by atoms with van der Waals surface area (Å²) in [5, 5.41) is 3.32. The first-order valence-corrected chi connectivity index (χ1v) is 10.1. The Morgan fingerprint density at radius 2 is 1.90 bits per heavy atom. The van der Waals surface area contributed by atoms with Crippen LogP contribution >= 0.6 is 11.6 Å². The Morgan fingerprint density at radius 1 is 1.07 bits per heavy atom. The van der Waals surface area contributed by atoms with Crippen LogP contribution < -0.4 is 15.6 Å². The Morgan fingerprint density at radius 3 is 2.73 bits per heavy atom. The van der Waals surface area contributed by atoms with Crippen molar-refractivity contribution in [3.05, 3.63) is 106 Å². The minimum atomic E-state index is -0.191. The van der Waals surface area contributed by atoms with Crippen molar-refractivity contribution < 1.29 is 9.53 Å². The summed E-state index contributed by atoms with van der Waals surface area (Å²) >= 11 is 5.89. The van der Waals surface area contributed by atoms with E-state index in [1.165, 1.54) is 16.7 Å². The summed E-state index contributed by atoms with van der Waals surface area (Å²) < 4.78 is 7.34. The van der Waals surface area contributed by atoms with Crippen molar-refractivity contribution in [2.45, 2.75) is 19.6 Å². The Bertz CT molecular complexity index is 1060. The highest BCUT2D eigenvalue weighted by molar-refractivity contribution is 6.30. The third-order valence-electron chi connectivity index (χ3n) is 4.36. The predicted molar refractivity (Wildman–Crippen MR) is 120 cm³/mol. The molecule has 2 aromatic carbocycles. The van der Waals surface area contributed by atoms with E-state index >= 15 is 0 Å². The van der Waals surface area contributed by atoms with Crippen molar-refractivity contribution in [3.8, 4) is 5.75 Å². The second-order valence-corrected chi connectivity index (χ2v) is 7.14. The van der Waals surface area contributed by atoms with Gasteiger partial charge in [-0.25, -0.2) is 0 Å². The lowest BCUT2D eigenvalue weighted by Crippen LogP contribution is -2.25. The lowest BCUT2D eigenvalue weighted by molar-refractivity contribution is -0.116. The average Bonchev–Trinajstić information content (AvgIpc) is 2.77. The monoisotopic (exact) mass is 422 g/mol. The van der Waals surface area contributed by atoms with Gasteiger partial charge in [0.15, 0.2) is 0 Å². The molecule has 0 spiro atoms. The summed E-state index contributed by atoms with van der Waals surface area (Å²) in [6.45, 7) is 1.44. The molecular weight excluding hydrogens is 400 g/mol. The molecule has 0 aliphatic carbocycles. The molecule has 0 saturated heterocycles. The second kappa shape index (κ2) is 11.0. The zero-order valence-electron chi connectivity index (χ0n) is 16.5. The SMILES string of the molecule is O=C(/C=C/c1cccc(OCc2ccccc2)c1)NCCCn1cc(Cl)ccc1=O. The molecule has 1 aromatic heterocycles. The summed E-state index contributed by atoms with van der Waals surface area (Å²) in [5.74, 6) is 0.553. The van der Waals surface area contributed by atoms with Crippen molar-refractivity contribution in [2.75, 3.05) is 6.54 Å². The maximum atomic E-state index is 12.0. The van der Waals surface area contributed by atoms with Gasteiger partial charge in [-0.05, 0) is 41.8 Å². The van der Waals surface area contributed by atoms with E-state index in [1.54, 1.807) is 18.3 Å². The average molecular weight is 423 g/mol. The van der Waals surface area contributed by atoms with E-state index in [2.05, 4.69) is 5.32 Å². The van der Waals surface area contributed by atoms with E-state index in [1.807, 2.05) is 54.6 Å². The summed E-state index contributed by atoms with van der Waals surface area (Å²) in [4.78, 5) is 23.7. The standard InChI is InChI=1S/C24H23ClN2O3/c25-21-11-13-24(29)27(17-21)15-5-14-26-23(28)12-10-19-8-4-9-22(16-19)30-18-20-6-2-1-3-7-20/h1-4,6-13,16-17H,5,14-15,18H2,(H,26,28)/b12-10+. The van der Waals surface area contributed by atoms with Crippen molar-refractivity contribution in [1.82, 2.24) is 9.88 Å². The first-order chi connectivity index (χ1) is 14.6. The van der Waals surface area contributed by atoms with Crippen molar-refractivity contribution >= 4 is 23.6 Å². The molecular formula is C24H23ClN2O3. The van der Waals surface area contributed by atoms with Crippen LogP contribution in [0.2, 0.25) is 5.02 Å². The number of aromatic nitrogens is 1. The highest BCUT2D eigenvalue weighted by atomic mass is 35.5. The van der Waals surface area contributed by atoms with Gasteiger partial charge in [0, 0.05) is 31.4 Å². The van der Waals surface area contributed by atoms with Gasteiger partial charge in [0.25, 0.3) is 5.56 Å². The fourth-order valence-corrected chi connectivity index (χ4v) is 3.00. The Kier molecular flexibility index (Phi) is 7.86. The fraction of sp³-hybridized carbons (Fsp3) is 0.167. The van der Waals surface area contributed by atoms with Crippen LogP contribution in [-0.4, -0.2) is 17.0 Å². The van der Waals surface area contributed by atoms with E-state index in [0.29, 0.717) is 31.1 Å². The molecule has 6 heteroatoms. The normalized spacial score (nSPS) is 10.8. The van der Waals surface area contributed by atoms with Gasteiger partial charge >= 0.3 is 0 Å². The third-order valence-corrected chi connectivity index (χ3v) is 4.58. The van der Waals surface area contributed by atoms with E-state index in [9.17, 15) is 9.59 Å². The Balaban J connectivity index is 1.44. The van der Waals surface area contributed by atoms with Gasteiger partial charge in [0.1, 0.15) is 12.4 Å². The minimum Gasteiger partial charge on any atom is -0.489 e. The highest BCUT2D eigenvalue weighted by Gasteiger charge is 2.00. The van der Waals surface area contributed by atoms with Crippen LogP contribution in [0.1, 0.15) is 17.5 Å². The van der Waals surface area contributed by atoms with E-state index < -0.39 is 0 Å². The van der Waals surface area contributed by atoms with Crippen molar-refractivity contribution in [1.29, 1.82) is 0 Å². The summed E-state index contributed by atoms with van der Waals surface area (Å²) in [6, 6.07) is 20.5. The Labute approximate surface area is 180 Å². The third kappa shape index (κ3) is 6.94. The largest absolute Gasteiger partial charge is 0.489 e. The first kappa shape index (κ1) is 21.4. The maximum absolute atomic E-state index is 12.0. The molecule has 0 radical (unpaired) electrons. The molecule has 0 fully saturated rings. The van der Waals surface area contributed by atoms with Gasteiger partial charge in [-0.3, -0.25) is 9.59 Å². The number of ether oxygens (including phenoxy) is 1. The summed E-state index contributed by atoms with van der Waals surface area (Å²) in [6.07, 6.45) is 5.45. The molecule has 1 N–H and O–H groups in total. The summed E-state index contributed by atoms with van der Waals surface area (Å²) in [7, 11) is 0. The molecule has 0 atom stereocenters. The fourth-order valence-electron chi connectivity index (χ4n) is 2.82. The predicted octanol–water partition coefficient (Wildman–Crippen LogP) is 4.30. The topological polar surface area (TPSA) is 60.3 Å². The maximum Gasteiger partial charge on any atom is 0.250 e. The van der Waals surface area contributed by atoms with Crippen molar-refractivity contribution in [2.24, 2.45) is 0 Å². The molecule has 0 saturated carbocycles. The lowest BCUT2D eigenvalue weighted by Gasteiger charge is -2.07. The van der Waals surface area contributed by atoms with E-state index in [4.69, 9.17) is 16.3 Å².